The predicted molar refractivity (Wildman–Crippen MR) is 81.7 cm³/mol. The summed E-state index contributed by atoms with van der Waals surface area (Å²) in [5.41, 5.74) is 0.215. The van der Waals surface area contributed by atoms with Gasteiger partial charge in [0.2, 0.25) is 0 Å². The summed E-state index contributed by atoms with van der Waals surface area (Å²) in [6.07, 6.45) is 0.366. The van der Waals surface area contributed by atoms with Gasteiger partial charge in [0.05, 0.1) is 24.2 Å². The standard InChI is InChI=1S/C16H21NO6/c18-14-10-17(8-6-13(14)16(21)22)7-1-9-23-12-4-2-11(3-5-12)15(19)20/h2-5,13-14,18H,1,6-10H2,(H,19,20)(H,21,22)/t13-,14+/m0/s1. The van der Waals surface area contributed by atoms with Crippen molar-refractivity contribution in [2.24, 2.45) is 5.92 Å². The van der Waals surface area contributed by atoms with Crippen molar-refractivity contribution in [2.45, 2.75) is 18.9 Å². The number of aliphatic hydroxyl groups is 1. The monoisotopic (exact) mass is 323 g/mol. The summed E-state index contributed by atoms with van der Waals surface area (Å²) in [5.74, 6) is -1.97. The summed E-state index contributed by atoms with van der Waals surface area (Å²) in [5, 5.41) is 27.6. The van der Waals surface area contributed by atoms with Gasteiger partial charge >= 0.3 is 11.9 Å². The van der Waals surface area contributed by atoms with Gasteiger partial charge in [-0.1, -0.05) is 0 Å². The zero-order valence-electron chi connectivity index (χ0n) is 12.7. The molecule has 1 saturated heterocycles. The Morgan fingerprint density at radius 3 is 2.48 bits per heavy atom. The van der Waals surface area contributed by atoms with Crippen molar-refractivity contribution < 1.29 is 29.6 Å². The summed E-state index contributed by atoms with van der Waals surface area (Å²) in [4.78, 5) is 23.7. The van der Waals surface area contributed by atoms with E-state index in [0.717, 1.165) is 13.0 Å². The van der Waals surface area contributed by atoms with Crippen LogP contribution in [-0.2, 0) is 4.79 Å². The lowest BCUT2D eigenvalue weighted by molar-refractivity contribution is -0.148. The fourth-order valence-electron chi connectivity index (χ4n) is 2.66. The Balaban J connectivity index is 1.68. The second-order valence-electron chi connectivity index (χ2n) is 5.63. The second kappa shape index (κ2) is 7.94. The number of rotatable bonds is 7. The molecule has 2 atom stereocenters. The van der Waals surface area contributed by atoms with Crippen molar-refractivity contribution >= 4 is 11.9 Å². The van der Waals surface area contributed by atoms with E-state index in [4.69, 9.17) is 14.9 Å². The molecule has 1 aromatic rings. The summed E-state index contributed by atoms with van der Waals surface area (Å²) in [7, 11) is 0. The molecule has 1 aliphatic heterocycles. The van der Waals surface area contributed by atoms with Crippen molar-refractivity contribution in [3.05, 3.63) is 29.8 Å². The quantitative estimate of drug-likeness (QED) is 0.640. The van der Waals surface area contributed by atoms with Crippen LogP contribution < -0.4 is 4.74 Å². The van der Waals surface area contributed by atoms with Crippen LogP contribution in [0.3, 0.4) is 0 Å². The summed E-state index contributed by atoms with van der Waals surface area (Å²) < 4.78 is 5.54. The lowest BCUT2D eigenvalue weighted by atomic mass is 9.94. The molecule has 0 saturated carbocycles. The molecule has 126 valence electrons. The number of piperidine rings is 1. The van der Waals surface area contributed by atoms with Crippen LogP contribution in [0.2, 0.25) is 0 Å². The maximum absolute atomic E-state index is 10.9. The Morgan fingerprint density at radius 1 is 1.22 bits per heavy atom. The van der Waals surface area contributed by atoms with Crippen LogP contribution >= 0.6 is 0 Å². The first-order chi connectivity index (χ1) is 11.0. The van der Waals surface area contributed by atoms with Crippen LogP contribution in [0.25, 0.3) is 0 Å². The highest BCUT2D eigenvalue weighted by molar-refractivity contribution is 5.87. The Kier molecular flexibility index (Phi) is 5.95. The molecule has 23 heavy (non-hydrogen) atoms. The Bertz CT molecular complexity index is 544. The molecule has 7 heteroatoms. The summed E-state index contributed by atoms with van der Waals surface area (Å²) >= 11 is 0. The minimum Gasteiger partial charge on any atom is -0.494 e. The van der Waals surface area contributed by atoms with Gasteiger partial charge in [0.1, 0.15) is 5.75 Å². The first kappa shape index (κ1) is 17.2. The number of benzene rings is 1. The average Bonchev–Trinajstić information content (AvgIpc) is 2.51. The highest BCUT2D eigenvalue weighted by atomic mass is 16.5. The molecule has 1 aliphatic rings. The molecule has 0 spiro atoms. The zero-order valence-corrected chi connectivity index (χ0v) is 12.7. The third-order valence-electron chi connectivity index (χ3n) is 3.97. The van der Waals surface area contributed by atoms with Gasteiger partial charge in [-0.2, -0.15) is 0 Å². The lowest BCUT2D eigenvalue weighted by Crippen LogP contribution is -2.46. The van der Waals surface area contributed by atoms with Crippen LogP contribution in [0.4, 0.5) is 0 Å². The third-order valence-corrected chi connectivity index (χ3v) is 3.97. The van der Waals surface area contributed by atoms with Crippen molar-refractivity contribution in [1.82, 2.24) is 4.90 Å². The van der Waals surface area contributed by atoms with E-state index in [1.165, 1.54) is 12.1 Å². The Hall–Kier alpha value is -2.12. The minimum absolute atomic E-state index is 0.215. The first-order valence-electron chi connectivity index (χ1n) is 7.57. The van der Waals surface area contributed by atoms with Gasteiger partial charge in [0, 0.05) is 13.1 Å². The number of carboxylic acids is 2. The van der Waals surface area contributed by atoms with Gasteiger partial charge in [-0.3, -0.25) is 4.79 Å². The highest BCUT2D eigenvalue weighted by Gasteiger charge is 2.32. The van der Waals surface area contributed by atoms with Gasteiger partial charge in [-0.25, -0.2) is 4.79 Å². The molecule has 0 aliphatic carbocycles. The van der Waals surface area contributed by atoms with E-state index in [2.05, 4.69) is 0 Å². The van der Waals surface area contributed by atoms with E-state index in [-0.39, 0.29) is 5.56 Å². The number of aliphatic hydroxyl groups excluding tert-OH is 1. The molecule has 0 aromatic heterocycles. The van der Waals surface area contributed by atoms with E-state index in [9.17, 15) is 14.7 Å². The van der Waals surface area contributed by atoms with E-state index in [1.807, 2.05) is 4.90 Å². The van der Waals surface area contributed by atoms with E-state index >= 15 is 0 Å². The molecule has 1 heterocycles. The first-order valence-corrected chi connectivity index (χ1v) is 7.57. The number of nitrogens with zero attached hydrogens (tertiary/aromatic N) is 1. The average molecular weight is 323 g/mol. The number of carbonyl (C=O) groups is 2. The lowest BCUT2D eigenvalue weighted by Gasteiger charge is -2.33. The van der Waals surface area contributed by atoms with Gasteiger partial charge < -0.3 is 25.0 Å². The zero-order chi connectivity index (χ0) is 16.8. The number of aliphatic carboxylic acids is 1. The largest absolute Gasteiger partial charge is 0.494 e. The van der Waals surface area contributed by atoms with Crippen molar-refractivity contribution in [3.8, 4) is 5.75 Å². The van der Waals surface area contributed by atoms with Gasteiger partial charge in [-0.05, 0) is 43.7 Å². The Morgan fingerprint density at radius 2 is 1.91 bits per heavy atom. The number of hydrogen-bond acceptors (Lipinski definition) is 5. The molecule has 0 unspecified atom stereocenters. The minimum atomic E-state index is -0.972. The second-order valence-corrected chi connectivity index (χ2v) is 5.63. The summed E-state index contributed by atoms with van der Waals surface area (Å²) in [6.45, 7) is 2.21. The maximum atomic E-state index is 10.9. The molecule has 2 rings (SSSR count). The number of β-amino-alcohol motifs (C(OH)–C–C–N with tert-alkyl or cyclic N) is 1. The summed E-state index contributed by atoms with van der Waals surface area (Å²) in [6, 6.07) is 6.21. The SMILES string of the molecule is O=C(O)c1ccc(OCCCN2CC[C@H](C(=O)O)[C@H](O)C2)cc1. The Labute approximate surface area is 134 Å². The number of aromatic carboxylic acids is 1. The number of ether oxygens (including phenoxy) is 1. The maximum Gasteiger partial charge on any atom is 0.335 e. The van der Waals surface area contributed by atoms with Crippen LogP contribution in [0.5, 0.6) is 5.75 Å². The van der Waals surface area contributed by atoms with Crippen molar-refractivity contribution in [2.75, 3.05) is 26.2 Å². The molecule has 0 amide bonds. The van der Waals surface area contributed by atoms with Crippen LogP contribution in [0, 0.1) is 5.92 Å². The number of hydrogen-bond donors (Lipinski definition) is 3. The van der Waals surface area contributed by atoms with Crippen molar-refractivity contribution in [3.63, 3.8) is 0 Å². The normalized spacial score (nSPS) is 21.8. The molecule has 0 bridgehead atoms. The molecule has 3 N–H and O–H groups in total. The number of carboxylic acid groups (broad SMARTS) is 2. The fraction of sp³-hybridized carbons (Fsp3) is 0.500. The van der Waals surface area contributed by atoms with Gasteiger partial charge in [0.15, 0.2) is 0 Å². The molecule has 1 aromatic carbocycles. The highest BCUT2D eigenvalue weighted by Crippen LogP contribution is 2.18. The van der Waals surface area contributed by atoms with Gasteiger partial charge in [-0.15, -0.1) is 0 Å². The van der Waals surface area contributed by atoms with E-state index in [1.54, 1.807) is 12.1 Å². The molecular formula is C16H21NO6. The smallest absolute Gasteiger partial charge is 0.335 e. The van der Waals surface area contributed by atoms with Gasteiger partial charge in [0.25, 0.3) is 0 Å². The molecular weight excluding hydrogens is 302 g/mol. The van der Waals surface area contributed by atoms with Crippen LogP contribution in [0.1, 0.15) is 23.2 Å². The van der Waals surface area contributed by atoms with Crippen molar-refractivity contribution in [1.29, 1.82) is 0 Å². The number of likely N-dealkylation sites (tertiary alicyclic amines) is 1. The molecule has 1 fully saturated rings. The fourth-order valence-corrected chi connectivity index (χ4v) is 2.66. The van der Waals surface area contributed by atoms with E-state index in [0.29, 0.717) is 31.9 Å². The van der Waals surface area contributed by atoms with Crippen LogP contribution in [0.15, 0.2) is 24.3 Å². The molecule has 0 radical (unpaired) electrons. The van der Waals surface area contributed by atoms with Crippen LogP contribution in [-0.4, -0.2) is 64.5 Å². The third kappa shape index (κ3) is 4.94. The predicted octanol–water partition coefficient (Wildman–Crippen LogP) is 0.921. The molecule has 7 nitrogen and oxygen atoms in total. The van der Waals surface area contributed by atoms with E-state index < -0.39 is 24.0 Å². The topological polar surface area (TPSA) is 107 Å².